The summed E-state index contributed by atoms with van der Waals surface area (Å²) in [5, 5.41) is 12.6. The molecule has 2 atom stereocenters. The second kappa shape index (κ2) is 10.8. The lowest BCUT2D eigenvalue weighted by Gasteiger charge is -2.26. The van der Waals surface area contributed by atoms with E-state index in [1.165, 1.54) is 30.4 Å². The molecular formula is C24H29N3O5. The third-order valence-electron chi connectivity index (χ3n) is 5.70. The highest BCUT2D eigenvalue weighted by atomic mass is 16.5. The standard InChI is InChI=1S/C24H29N3O5/c1-3-4-5-17-6-8-18(9-7-17)19-10-12-21(13-11-19)32-15-20(27(31)16-28)14-22-23(29)25-24(30)26(22)2/h6-13,16,20,22,31H,3-5,14-15H2,1-2H3,(H,25,29,30). The van der Waals surface area contributed by atoms with Gasteiger partial charge in [0.1, 0.15) is 18.4 Å². The van der Waals surface area contributed by atoms with E-state index in [1.54, 1.807) is 0 Å². The van der Waals surface area contributed by atoms with Gasteiger partial charge in [-0.3, -0.25) is 20.1 Å². The van der Waals surface area contributed by atoms with Gasteiger partial charge in [-0.05, 0) is 41.7 Å². The molecule has 170 valence electrons. The van der Waals surface area contributed by atoms with Crippen molar-refractivity contribution in [1.82, 2.24) is 15.3 Å². The Morgan fingerprint density at radius 2 is 1.75 bits per heavy atom. The lowest BCUT2D eigenvalue weighted by Crippen LogP contribution is -2.43. The van der Waals surface area contributed by atoms with Crippen LogP contribution in [0.4, 0.5) is 4.79 Å². The van der Waals surface area contributed by atoms with Crippen molar-refractivity contribution in [3.63, 3.8) is 0 Å². The van der Waals surface area contributed by atoms with E-state index < -0.39 is 24.0 Å². The molecule has 32 heavy (non-hydrogen) atoms. The Bertz CT molecular complexity index is 930. The first-order valence-corrected chi connectivity index (χ1v) is 10.7. The van der Waals surface area contributed by atoms with Gasteiger partial charge in [-0.2, -0.15) is 0 Å². The predicted molar refractivity (Wildman–Crippen MR) is 119 cm³/mol. The molecule has 2 N–H and O–H groups in total. The number of carbonyl (C=O) groups is 3. The van der Waals surface area contributed by atoms with Gasteiger partial charge in [0.05, 0.1) is 6.04 Å². The third kappa shape index (κ3) is 5.64. The van der Waals surface area contributed by atoms with Crippen LogP contribution >= 0.6 is 0 Å². The highest BCUT2D eigenvalue weighted by molar-refractivity contribution is 6.04. The summed E-state index contributed by atoms with van der Waals surface area (Å²) in [4.78, 5) is 35.9. The number of ether oxygens (including phenoxy) is 1. The number of likely N-dealkylation sites (N-methyl/N-ethyl adjacent to an activating group) is 1. The second-order valence-corrected chi connectivity index (χ2v) is 7.93. The zero-order valence-corrected chi connectivity index (χ0v) is 18.4. The van der Waals surface area contributed by atoms with Crippen molar-refractivity contribution in [3.05, 3.63) is 54.1 Å². The Hall–Kier alpha value is -3.39. The van der Waals surface area contributed by atoms with Gasteiger partial charge < -0.3 is 9.64 Å². The molecule has 0 saturated carbocycles. The summed E-state index contributed by atoms with van der Waals surface area (Å²) >= 11 is 0. The molecule has 2 aromatic rings. The SMILES string of the molecule is CCCCc1ccc(-c2ccc(OCC(CC3C(=O)NC(=O)N3C)N(O)C=O)cc2)cc1. The van der Waals surface area contributed by atoms with Crippen LogP contribution in [0.15, 0.2) is 48.5 Å². The largest absolute Gasteiger partial charge is 0.491 e. The molecule has 1 fully saturated rings. The van der Waals surface area contributed by atoms with Crippen LogP contribution in [-0.2, 0) is 16.0 Å². The van der Waals surface area contributed by atoms with Crippen molar-refractivity contribution in [2.75, 3.05) is 13.7 Å². The number of benzene rings is 2. The van der Waals surface area contributed by atoms with Crippen molar-refractivity contribution < 1.29 is 24.3 Å². The first-order valence-electron chi connectivity index (χ1n) is 10.7. The average Bonchev–Trinajstić information content (AvgIpc) is 3.06. The average molecular weight is 440 g/mol. The van der Waals surface area contributed by atoms with E-state index in [4.69, 9.17) is 4.74 Å². The van der Waals surface area contributed by atoms with Gasteiger partial charge in [-0.25, -0.2) is 9.86 Å². The normalized spacial score (nSPS) is 16.6. The van der Waals surface area contributed by atoms with Gasteiger partial charge >= 0.3 is 6.03 Å². The van der Waals surface area contributed by atoms with Gasteiger partial charge in [0.15, 0.2) is 0 Å². The Morgan fingerprint density at radius 3 is 2.28 bits per heavy atom. The van der Waals surface area contributed by atoms with Crippen molar-refractivity contribution in [1.29, 1.82) is 0 Å². The summed E-state index contributed by atoms with van der Waals surface area (Å²) in [7, 11) is 1.49. The number of aryl methyl sites for hydroxylation is 1. The minimum Gasteiger partial charge on any atom is -0.491 e. The number of unbranched alkanes of at least 4 members (excludes halogenated alkanes) is 1. The van der Waals surface area contributed by atoms with E-state index in [2.05, 4.69) is 36.5 Å². The monoisotopic (exact) mass is 439 g/mol. The number of hydrogen-bond donors (Lipinski definition) is 2. The molecule has 1 aliphatic heterocycles. The summed E-state index contributed by atoms with van der Waals surface area (Å²) in [6, 6.07) is 13.9. The molecule has 1 aliphatic rings. The van der Waals surface area contributed by atoms with Gasteiger partial charge in [-0.15, -0.1) is 0 Å². The fraction of sp³-hybridized carbons (Fsp3) is 0.375. The van der Waals surface area contributed by atoms with Crippen LogP contribution in [0.3, 0.4) is 0 Å². The number of carbonyl (C=O) groups excluding carboxylic acids is 3. The Morgan fingerprint density at radius 1 is 1.12 bits per heavy atom. The Labute approximate surface area is 187 Å². The predicted octanol–water partition coefficient (Wildman–Crippen LogP) is 3.23. The quantitative estimate of drug-likeness (QED) is 0.242. The van der Waals surface area contributed by atoms with E-state index in [0.717, 1.165) is 17.5 Å². The summed E-state index contributed by atoms with van der Waals surface area (Å²) in [5.41, 5.74) is 3.49. The zero-order valence-electron chi connectivity index (χ0n) is 18.4. The summed E-state index contributed by atoms with van der Waals surface area (Å²) in [5.74, 6) is 0.102. The van der Waals surface area contributed by atoms with Crippen LogP contribution in [0, 0.1) is 0 Å². The number of urea groups is 1. The molecule has 0 radical (unpaired) electrons. The Balaban J connectivity index is 1.61. The van der Waals surface area contributed by atoms with Crippen LogP contribution in [0.25, 0.3) is 11.1 Å². The van der Waals surface area contributed by atoms with Gasteiger partial charge in [-0.1, -0.05) is 49.7 Å². The molecule has 0 spiro atoms. The number of nitrogens with one attached hydrogen (secondary N) is 1. The second-order valence-electron chi connectivity index (χ2n) is 7.93. The maximum absolute atomic E-state index is 12.0. The van der Waals surface area contributed by atoms with Gasteiger partial charge in [0, 0.05) is 13.5 Å². The van der Waals surface area contributed by atoms with Gasteiger partial charge in [0.2, 0.25) is 6.41 Å². The number of nitrogens with zero attached hydrogens (tertiary/aromatic N) is 2. The maximum Gasteiger partial charge on any atom is 0.324 e. The fourth-order valence-electron chi connectivity index (χ4n) is 3.64. The molecule has 0 aromatic heterocycles. The van der Waals surface area contributed by atoms with Crippen LogP contribution < -0.4 is 10.1 Å². The smallest absolute Gasteiger partial charge is 0.324 e. The lowest BCUT2D eigenvalue weighted by molar-refractivity contribution is -0.165. The van der Waals surface area contributed by atoms with Crippen molar-refractivity contribution in [2.45, 2.75) is 44.7 Å². The molecule has 1 saturated heterocycles. The molecular weight excluding hydrogens is 410 g/mol. The number of hydrogen-bond acceptors (Lipinski definition) is 5. The number of hydroxylamine groups is 2. The number of imide groups is 1. The van der Waals surface area contributed by atoms with Crippen LogP contribution in [0.1, 0.15) is 31.7 Å². The molecule has 0 aliphatic carbocycles. The van der Waals surface area contributed by atoms with E-state index in [1.807, 2.05) is 24.3 Å². The van der Waals surface area contributed by atoms with Gasteiger partial charge in [0.25, 0.3) is 5.91 Å². The molecule has 3 rings (SSSR count). The van der Waals surface area contributed by atoms with Crippen molar-refractivity contribution >= 4 is 18.3 Å². The first-order chi connectivity index (χ1) is 15.4. The summed E-state index contributed by atoms with van der Waals surface area (Å²) in [6.45, 7) is 2.15. The highest BCUT2D eigenvalue weighted by Crippen LogP contribution is 2.24. The molecule has 8 heteroatoms. The fourth-order valence-corrected chi connectivity index (χ4v) is 3.64. The Kier molecular flexibility index (Phi) is 7.83. The molecule has 2 unspecified atom stereocenters. The van der Waals surface area contributed by atoms with E-state index in [0.29, 0.717) is 10.8 Å². The topological polar surface area (TPSA) is 99.2 Å². The highest BCUT2D eigenvalue weighted by Gasteiger charge is 2.38. The molecule has 8 nitrogen and oxygen atoms in total. The molecule has 4 amide bonds. The van der Waals surface area contributed by atoms with Crippen molar-refractivity contribution in [2.24, 2.45) is 0 Å². The van der Waals surface area contributed by atoms with E-state index >= 15 is 0 Å². The summed E-state index contributed by atoms with van der Waals surface area (Å²) < 4.78 is 5.76. The first kappa shape index (κ1) is 23.3. The maximum atomic E-state index is 12.0. The molecule has 0 bridgehead atoms. The zero-order chi connectivity index (χ0) is 23.1. The third-order valence-corrected chi connectivity index (χ3v) is 5.70. The molecule has 2 aromatic carbocycles. The number of amides is 4. The van der Waals surface area contributed by atoms with Crippen LogP contribution in [-0.4, -0.2) is 59.3 Å². The summed E-state index contributed by atoms with van der Waals surface area (Å²) in [6.07, 6.45) is 3.75. The molecule has 1 heterocycles. The minimum atomic E-state index is -0.799. The number of rotatable bonds is 11. The van der Waals surface area contributed by atoms with E-state index in [-0.39, 0.29) is 19.4 Å². The van der Waals surface area contributed by atoms with Crippen LogP contribution in [0.2, 0.25) is 0 Å². The van der Waals surface area contributed by atoms with Crippen molar-refractivity contribution in [3.8, 4) is 16.9 Å². The lowest BCUT2D eigenvalue weighted by atomic mass is 10.0. The van der Waals surface area contributed by atoms with E-state index in [9.17, 15) is 19.6 Å². The van der Waals surface area contributed by atoms with Crippen LogP contribution in [0.5, 0.6) is 5.75 Å². The minimum absolute atomic E-state index is 0.0352.